The lowest BCUT2D eigenvalue weighted by Gasteiger charge is -2.10. The van der Waals surface area contributed by atoms with Crippen molar-refractivity contribution in [2.45, 2.75) is 39.2 Å². The molecule has 0 aromatic heterocycles. The Balaban J connectivity index is 2.31. The molecule has 0 radical (unpaired) electrons. The van der Waals surface area contributed by atoms with E-state index < -0.39 is 0 Å². The van der Waals surface area contributed by atoms with Crippen LogP contribution in [0.5, 0.6) is 0 Å². The molecule has 0 amide bonds. The summed E-state index contributed by atoms with van der Waals surface area (Å²) < 4.78 is 5.24. The predicted octanol–water partition coefficient (Wildman–Crippen LogP) is 3.82. The minimum absolute atomic E-state index is 0.0256. The fraction of sp³-hybridized carbons (Fsp3) is 0.400. The summed E-state index contributed by atoms with van der Waals surface area (Å²) in [4.78, 5) is 11.4. The van der Waals surface area contributed by atoms with E-state index in [0.717, 1.165) is 18.4 Å². The topological polar surface area (TPSA) is 26.3 Å². The van der Waals surface area contributed by atoms with E-state index in [-0.39, 0.29) is 12.1 Å². The minimum Gasteiger partial charge on any atom is -0.462 e. The van der Waals surface area contributed by atoms with E-state index in [1.165, 1.54) is 0 Å². The van der Waals surface area contributed by atoms with E-state index in [4.69, 9.17) is 4.74 Å². The first-order valence-electron chi connectivity index (χ1n) is 6.13. The molecule has 0 aliphatic carbocycles. The number of hydrogen-bond donors (Lipinski definition) is 0. The van der Waals surface area contributed by atoms with Gasteiger partial charge in [0.15, 0.2) is 0 Å². The maximum atomic E-state index is 11.4. The molecular formula is C15H20O2. The summed E-state index contributed by atoms with van der Waals surface area (Å²) in [5.41, 5.74) is 1.10. The van der Waals surface area contributed by atoms with Gasteiger partial charge in [-0.2, -0.15) is 0 Å². The molecule has 0 heterocycles. The third-order valence-electron chi connectivity index (χ3n) is 2.42. The molecule has 0 spiro atoms. The standard InChI is InChI=1S/C15H20O2/c1-3-8-13(2)17-15(16)12-7-11-14-9-5-4-6-10-14/h4-7,9-11,13H,3,8,12H2,1-2H3/b11-7+. The van der Waals surface area contributed by atoms with Crippen LogP contribution in [0.4, 0.5) is 0 Å². The molecule has 92 valence electrons. The molecule has 17 heavy (non-hydrogen) atoms. The number of esters is 1. The van der Waals surface area contributed by atoms with Crippen LogP contribution < -0.4 is 0 Å². The number of benzene rings is 1. The van der Waals surface area contributed by atoms with Crippen molar-refractivity contribution < 1.29 is 9.53 Å². The van der Waals surface area contributed by atoms with E-state index in [1.807, 2.05) is 49.4 Å². The number of rotatable bonds is 6. The first kappa shape index (κ1) is 13.5. The van der Waals surface area contributed by atoms with Crippen molar-refractivity contribution in [3.63, 3.8) is 0 Å². The highest BCUT2D eigenvalue weighted by Gasteiger charge is 2.06. The monoisotopic (exact) mass is 232 g/mol. The molecule has 0 saturated carbocycles. The van der Waals surface area contributed by atoms with Gasteiger partial charge in [0.2, 0.25) is 0 Å². The van der Waals surface area contributed by atoms with Crippen molar-refractivity contribution in [3.8, 4) is 0 Å². The zero-order valence-corrected chi connectivity index (χ0v) is 10.6. The Labute approximate surface area is 103 Å². The third kappa shape index (κ3) is 5.91. The zero-order chi connectivity index (χ0) is 12.5. The van der Waals surface area contributed by atoms with E-state index in [2.05, 4.69) is 6.92 Å². The van der Waals surface area contributed by atoms with E-state index in [9.17, 15) is 4.79 Å². The lowest BCUT2D eigenvalue weighted by atomic mass is 10.2. The Morgan fingerprint density at radius 3 is 2.71 bits per heavy atom. The highest BCUT2D eigenvalue weighted by atomic mass is 16.5. The Hall–Kier alpha value is -1.57. The van der Waals surface area contributed by atoms with Crippen molar-refractivity contribution in [1.29, 1.82) is 0 Å². The summed E-state index contributed by atoms with van der Waals surface area (Å²) >= 11 is 0. The Bertz CT molecular complexity index is 354. The first-order valence-corrected chi connectivity index (χ1v) is 6.13. The van der Waals surface area contributed by atoms with Gasteiger partial charge in [-0.3, -0.25) is 4.79 Å². The number of carbonyl (C=O) groups is 1. The van der Waals surface area contributed by atoms with E-state index >= 15 is 0 Å². The second-order valence-corrected chi connectivity index (χ2v) is 4.11. The largest absolute Gasteiger partial charge is 0.462 e. The summed E-state index contributed by atoms with van der Waals surface area (Å²) in [6.07, 6.45) is 6.10. The van der Waals surface area contributed by atoms with Gasteiger partial charge in [-0.1, -0.05) is 55.8 Å². The van der Waals surface area contributed by atoms with Crippen molar-refractivity contribution >= 4 is 12.0 Å². The molecule has 1 atom stereocenters. The Morgan fingerprint density at radius 2 is 2.06 bits per heavy atom. The summed E-state index contributed by atoms with van der Waals surface area (Å²) in [5.74, 6) is -0.155. The van der Waals surface area contributed by atoms with Crippen molar-refractivity contribution in [2.24, 2.45) is 0 Å². The number of ether oxygens (including phenoxy) is 1. The van der Waals surface area contributed by atoms with Gasteiger partial charge in [0.25, 0.3) is 0 Å². The molecule has 1 aromatic rings. The molecule has 2 heteroatoms. The quantitative estimate of drug-likeness (QED) is 0.697. The molecule has 0 aliphatic rings. The van der Waals surface area contributed by atoms with Crippen LogP contribution in [0.2, 0.25) is 0 Å². The fourth-order valence-electron chi connectivity index (χ4n) is 1.59. The van der Waals surface area contributed by atoms with Gasteiger partial charge in [0, 0.05) is 0 Å². The van der Waals surface area contributed by atoms with Crippen LogP contribution >= 0.6 is 0 Å². The van der Waals surface area contributed by atoms with Crippen LogP contribution in [0.25, 0.3) is 6.08 Å². The fourth-order valence-corrected chi connectivity index (χ4v) is 1.59. The average Bonchev–Trinajstić information content (AvgIpc) is 2.30. The third-order valence-corrected chi connectivity index (χ3v) is 2.42. The summed E-state index contributed by atoms with van der Waals surface area (Å²) in [7, 11) is 0. The van der Waals surface area contributed by atoms with Crippen LogP contribution in [0, 0.1) is 0 Å². The van der Waals surface area contributed by atoms with Crippen LogP contribution in [0.15, 0.2) is 36.4 Å². The van der Waals surface area contributed by atoms with Gasteiger partial charge in [-0.25, -0.2) is 0 Å². The highest BCUT2D eigenvalue weighted by molar-refractivity contribution is 5.72. The van der Waals surface area contributed by atoms with Gasteiger partial charge in [0.1, 0.15) is 0 Å². The molecule has 0 bridgehead atoms. The van der Waals surface area contributed by atoms with Crippen molar-refractivity contribution in [1.82, 2.24) is 0 Å². The smallest absolute Gasteiger partial charge is 0.309 e. The number of carbonyl (C=O) groups excluding carboxylic acids is 1. The van der Waals surface area contributed by atoms with E-state index in [0.29, 0.717) is 6.42 Å². The van der Waals surface area contributed by atoms with Crippen molar-refractivity contribution in [2.75, 3.05) is 0 Å². The lowest BCUT2D eigenvalue weighted by molar-refractivity contribution is -0.147. The molecule has 0 N–H and O–H groups in total. The second-order valence-electron chi connectivity index (χ2n) is 4.11. The maximum absolute atomic E-state index is 11.4. The van der Waals surface area contributed by atoms with Gasteiger partial charge in [0.05, 0.1) is 12.5 Å². The van der Waals surface area contributed by atoms with Crippen LogP contribution in [0.3, 0.4) is 0 Å². The molecule has 0 fully saturated rings. The van der Waals surface area contributed by atoms with Crippen LogP contribution in [0.1, 0.15) is 38.7 Å². The minimum atomic E-state index is -0.155. The van der Waals surface area contributed by atoms with E-state index in [1.54, 1.807) is 0 Å². The summed E-state index contributed by atoms with van der Waals surface area (Å²) in [5, 5.41) is 0. The molecular weight excluding hydrogens is 212 g/mol. The van der Waals surface area contributed by atoms with Crippen molar-refractivity contribution in [3.05, 3.63) is 42.0 Å². The molecule has 0 aliphatic heterocycles. The SMILES string of the molecule is CCCC(C)OC(=O)C/C=C/c1ccccc1. The number of hydrogen-bond acceptors (Lipinski definition) is 2. The first-order chi connectivity index (χ1) is 8.22. The van der Waals surface area contributed by atoms with Gasteiger partial charge in [-0.05, 0) is 18.9 Å². The predicted molar refractivity (Wildman–Crippen MR) is 70.6 cm³/mol. The summed E-state index contributed by atoms with van der Waals surface area (Å²) in [6, 6.07) is 9.92. The Kier molecular flexibility index (Phi) is 6.08. The second kappa shape index (κ2) is 7.66. The van der Waals surface area contributed by atoms with Gasteiger partial charge >= 0.3 is 5.97 Å². The molecule has 0 saturated heterocycles. The van der Waals surface area contributed by atoms with Gasteiger partial charge < -0.3 is 4.74 Å². The maximum Gasteiger partial charge on any atom is 0.309 e. The average molecular weight is 232 g/mol. The van der Waals surface area contributed by atoms with Gasteiger partial charge in [-0.15, -0.1) is 0 Å². The van der Waals surface area contributed by atoms with Crippen LogP contribution in [-0.2, 0) is 9.53 Å². The summed E-state index contributed by atoms with van der Waals surface area (Å²) in [6.45, 7) is 4.02. The highest BCUT2D eigenvalue weighted by Crippen LogP contribution is 2.05. The normalized spacial score (nSPS) is 12.6. The lowest BCUT2D eigenvalue weighted by Crippen LogP contribution is -2.13. The Morgan fingerprint density at radius 1 is 1.35 bits per heavy atom. The molecule has 1 rings (SSSR count). The van der Waals surface area contributed by atoms with Crippen LogP contribution in [-0.4, -0.2) is 12.1 Å². The molecule has 2 nitrogen and oxygen atoms in total. The molecule has 1 aromatic carbocycles. The molecule has 1 unspecified atom stereocenters. The zero-order valence-electron chi connectivity index (χ0n) is 10.6.